The van der Waals surface area contributed by atoms with Crippen LogP contribution in [0.2, 0.25) is 0 Å². The fraction of sp³-hybridized carbons (Fsp3) is 0.619. The summed E-state index contributed by atoms with van der Waals surface area (Å²) in [6.07, 6.45) is 3.96. The van der Waals surface area contributed by atoms with Crippen LogP contribution in [0.25, 0.3) is 0 Å². The van der Waals surface area contributed by atoms with Crippen LogP contribution in [-0.2, 0) is 0 Å². The van der Waals surface area contributed by atoms with E-state index in [1.807, 2.05) is 36.3 Å². The van der Waals surface area contributed by atoms with E-state index >= 15 is 0 Å². The molecule has 0 saturated heterocycles. The molecule has 2 rings (SSSR count). The lowest BCUT2D eigenvalue weighted by Gasteiger charge is -2.35. The number of hydrogen-bond donors (Lipinski definition) is 0. The van der Waals surface area contributed by atoms with Crippen LogP contribution in [0.1, 0.15) is 26.3 Å². The lowest BCUT2D eigenvalue weighted by atomic mass is 10.1. The van der Waals surface area contributed by atoms with Gasteiger partial charge in [-0.1, -0.05) is 0 Å². The largest absolute Gasteiger partial charge is 1.00 e. The van der Waals surface area contributed by atoms with Crippen molar-refractivity contribution >= 4 is 35.4 Å². The van der Waals surface area contributed by atoms with E-state index in [2.05, 4.69) is 68.1 Å². The zero-order chi connectivity index (χ0) is 20.0. The fourth-order valence-corrected chi connectivity index (χ4v) is 3.25. The van der Waals surface area contributed by atoms with Crippen molar-refractivity contribution < 1.29 is 28.5 Å². The zero-order valence-electron chi connectivity index (χ0n) is 19.0. The number of aryl methyl sites for hydroxylation is 1. The molecule has 6 nitrogen and oxygen atoms in total. The van der Waals surface area contributed by atoms with Gasteiger partial charge in [0.1, 0.15) is 0 Å². The molecule has 1 aromatic carbocycles. The summed E-state index contributed by atoms with van der Waals surface area (Å²) in [6, 6.07) is 6.50. The third kappa shape index (κ3) is 7.54. The van der Waals surface area contributed by atoms with E-state index in [1.165, 1.54) is 18.8 Å². The lowest BCUT2D eigenvalue weighted by molar-refractivity contribution is -0.904. The highest BCUT2D eigenvalue weighted by Gasteiger charge is 2.20. The van der Waals surface area contributed by atoms with Crippen LogP contribution in [0.5, 0.6) is 0 Å². The summed E-state index contributed by atoms with van der Waals surface area (Å²) in [5.74, 6) is 0. The summed E-state index contributed by atoms with van der Waals surface area (Å²) in [6.45, 7) is 14.5. The molecule has 0 unspecified atom stereocenters. The van der Waals surface area contributed by atoms with E-state index in [0.717, 1.165) is 35.4 Å². The first-order valence-electron chi connectivity index (χ1n) is 10.1. The van der Waals surface area contributed by atoms with Gasteiger partial charge in [0.2, 0.25) is 6.29 Å². The second-order valence-electron chi connectivity index (χ2n) is 7.72. The predicted molar refractivity (Wildman–Crippen MR) is 130 cm³/mol. The van der Waals surface area contributed by atoms with Crippen molar-refractivity contribution in [1.82, 2.24) is 9.80 Å². The summed E-state index contributed by atoms with van der Waals surface area (Å²) in [4.78, 5) is 6.55. The minimum Gasteiger partial charge on any atom is -1.00 e. The monoisotopic (exact) mass is 628 g/mol. The van der Waals surface area contributed by atoms with Gasteiger partial charge in [0.05, 0.1) is 38.9 Å². The minimum atomic E-state index is -0.0604. The van der Waals surface area contributed by atoms with Crippen LogP contribution in [0, 0.1) is 6.92 Å². The van der Waals surface area contributed by atoms with Gasteiger partial charge < -0.3 is 43.2 Å². The molecular weight excluding hydrogens is 590 g/mol. The first-order chi connectivity index (χ1) is 12.8. The van der Waals surface area contributed by atoms with E-state index in [0.29, 0.717) is 0 Å². The molecule has 0 aliphatic carbocycles. The van der Waals surface area contributed by atoms with Crippen LogP contribution in [-0.4, -0.2) is 74.4 Å². The summed E-state index contributed by atoms with van der Waals surface area (Å²) < 4.78 is 1.11. The van der Waals surface area contributed by atoms with Gasteiger partial charge in [0.15, 0.2) is 0 Å². The summed E-state index contributed by atoms with van der Waals surface area (Å²) >= 11 is 0. The molecule has 1 aromatic rings. The lowest BCUT2D eigenvalue weighted by Crippen LogP contribution is -3.00. The average Bonchev–Trinajstić information content (AvgIpc) is 2.99. The molecule has 1 aliphatic rings. The Kier molecular flexibility index (Phi) is 12.7. The van der Waals surface area contributed by atoms with Crippen LogP contribution in [0.3, 0.4) is 0 Å². The minimum absolute atomic E-state index is 0. The van der Waals surface area contributed by atoms with Crippen molar-refractivity contribution in [2.45, 2.75) is 34.0 Å². The number of anilines is 1. The number of quaternary nitrogens is 1. The average molecular weight is 628 g/mol. The Bertz CT molecular complexity index is 663. The third-order valence-corrected chi connectivity index (χ3v) is 5.90. The van der Waals surface area contributed by atoms with Crippen LogP contribution < -0.4 is 28.9 Å². The Hall–Kier alpha value is -0.620. The van der Waals surface area contributed by atoms with Gasteiger partial charge in [-0.05, 0) is 51.5 Å². The molecule has 0 saturated carbocycles. The SMILES string of the molecule is CCN(CC[N+](C)(CC)CC)c1ccc(/N=N/C2N(C)C=CN2C)c(C)c1.I.[I-]. The summed E-state index contributed by atoms with van der Waals surface area (Å²) in [5, 5.41) is 9.01. The Morgan fingerprint density at radius 2 is 1.66 bits per heavy atom. The highest BCUT2D eigenvalue weighted by molar-refractivity contribution is 14.0. The maximum absolute atomic E-state index is 4.51. The topological polar surface area (TPSA) is 34.4 Å². The third-order valence-electron chi connectivity index (χ3n) is 5.90. The van der Waals surface area contributed by atoms with E-state index in [1.54, 1.807) is 0 Å². The second kappa shape index (κ2) is 12.9. The van der Waals surface area contributed by atoms with Gasteiger partial charge >= 0.3 is 0 Å². The van der Waals surface area contributed by atoms with Crippen LogP contribution >= 0.6 is 24.0 Å². The second-order valence-corrected chi connectivity index (χ2v) is 7.72. The van der Waals surface area contributed by atoms with E-state index in [4.69, 9.17) is 0 Å². The quantitative estimate of drug-likeness (QED) is 0.237. The number of azo groups is 1. The van der Waals surface area contributed by atoms with Gasteiger partial charge in [0.25, 0.3) is 0 Å². The number of likely N-dealkylation sites (N-methyl/N-ethyl adjacent to an activating group) is 2. The highest BCUT2D eigenvalue weighted by atomic mass is 127. The number of hydrogen-bond acceptors (Lipinski definition) is 5. The van der Waals surface area contributed by atoms with Gasteiger partial charge in [-0.3, -0.25) is 0 Å². The molecule has 1 aliphatic heterocycles. The number of rotatable bonds is 9. The Balaban J connectivity index is 0.00000392. The molecule has 0 atom stereocenters. The van der Waals surface area contributed by atoms with Crippen molar-refractivity contribution in [3.05, 3.63) is 36.2 Å². The number of benzene rings is 1. The first kappa shape index (κ1) is 28.4. The van der Waals surface area contributed by atoms with Gasteiger partial charge in [0, 0.05) is 38.7 Å². The maximum atomic E-state index is 4.51. The molecule has 0 radical (unpaired) electrons. The smallest absolute Gasteiger partial charge is 0.217 e. The Morgan fingerprint density at radius 1 is 1.07 bits per heavy atom. The molecule has 0 aromatic heterocycles. The predicted octanol–water partition coefficient (Wildman–Crippen LogP) is 1.65. The molecule has 8 heteroatoms. The number of halogens is 2. The van der Waals surface area contributed by atoms with Crippen LogP contribution in [0.4, 0.5) is 11.4 Å². The van der Waals surface area contributed by atoms with E-state index in [9.17, 15) is 0 Å². The summed E-state index contributed by atoms with van der Waals surface area (Å²) in [5.41, 5.74) is 3.37. The van der Waals surface area contributed by atoms with Crippen molar-refractivity contribution in [2.75, 3.05) is 58.8 Å². The molecule has 1 heterocycles. The fourth-order valence-electron chi connectivity index (χ4n) is 3.25. The summed E-state index contributed by atoms with van der Waals surface area (Å²) in [7, 11) is 6.36. The molecule has 29 heavy (non-hydrogen) atoms. The van der Waals surface area contributed by atoms with Gasteiger partial charge in [-0.15, -0.1) is 29.1 Å². The molecule has 166 valence electrons. The first-order valence-corrected chi connectivity index (χ1v) is 10.1. The highest BCUT2D eigenvalue weighted by Crippen LogP contribution is 2.26. The van der Waals surface area contributed by atoms with Crippen molar-refractivity contribution in [1.29, 1.82) is 0 Å². The van der Waals surface area contributed by atoms with Crippen molar-refractivity contribution in [3.8, 4) is 0 Å². The normalized spacial score (nSPS) is 14.3. The standard InChI is InChI=1S/C21H37N6.2HI/c1-8-26(15-16-27(7,9-2)10-3)19-11-12-20(18(4)17-19)22-23-21-24(5)13-14-25(21)6;;/h11-14,17,21H,8-10,15-16H2,1-7H3;2*1H/q+1;;/p-1/b23-22+;;. The molecule has 0 spiro atoms. The molecule has 0 fully saturated rings. The molecule has 0 bridgehead atoms. The van der Waals surface area contributed by atoms with Crippen molar-refractivity contribution in [2.24, 2.45) is 10.2 Å². The molecule has 0 amide bonds. The van der Waals surface area contributed by atoms with Gasteiger partial charge in [-0.2, -0.15) is 5.11 Å². The van der Waals surface area contributed by atoms with Crippen molar-refractivity contribution in [3.63, 3.8) is 0 Å². The van der Waals surface area contributed by atoms with Crippen LogP contribution in [0.15, 0.2) is 40.8 Å². The Morgan fingerprint density at radius 3 is 2.14 bits per heavy atom. The zero-order valence-corrected chi connectivity index (χ0v) is 23.5. The maximum Gasteiger partial charge on any atom is 0.217 e. The van der Waals surface area contributed by atoms with E-state index < -0.39 is 0 Å². The Labute approximate surface area is 211 Å². The van der Waals surface area contributed by atoms with E-state index in [-0.39, 0.29) is 54.2 Å². The molecule has 0 N–H and O–H groups in total. The number of nitrogens with zero attached hydrogens (tertiary/aromatic N) is 6. The molecular formula is C21H38I2N6. The van der Waals surface area contributed by atoms with Gasteiger partial charge in [-0.25, -0.2) is 0 Å².